The van der Waals surface area contributed by atoms with Gasteiger partial charge in [0.25, 0.3) is 5.91 Å². The van der Waals surface area contributed by atoms with Crippen LogP contribution in [-0.4, -0.2) is 51.6 Å². The van der Waals surface area contributed by atoms with Crippen LogP contribution in [0.1, 0.15) is 38.5 Å². The SMILES string of the molecule is O=C1[C@@H]2C[C@@H](O)CN2C(=O)N1C1CCCCC1. The number of carbonyl (C=O) groups is 2. The van der Waals surface area contributed by atoms with Crippen molar-refractivity contribution in [2.24, 2.45) is 0 Å². The molecule has 3 amide bonds. The molecule has 5 heteroatoms. The van der Waals surface area contributed by atoms with Gasteiger partial charge in [-0.1, -0.05) is 19.3 Å². The molecule has 2 saturated heterocycles. The Labute approximate surface area is 100 Å². The molecule has 0 aromatic heterocycles. The molecular formula is C12H18N2O3. The zero-order chi connectivity index (χ0) is 12.0. The number of fused-ring (bicyclic) bond motifs is 1. The highest BCUT2D eigenvalue weighted by atomic mass is 16.3. The maximum absolute atomic E-state index is 12.2. The van der Waals surface area contributed by atoms with Gasteiger partial charge in [-0.3, -0.25) is 9.69 Å². The van der Waals surface area contributed by atoms with Crippen molar-refractivity contribution < 1.29 is 14.7 Å². The maximum atomic E-state index is 12.2. The molecule has 1 N–H and O–H groups in total. The summed E-state index contributed by atoms with van der Waals surface area (Å²) in [7, 11) is 0. The summed E-state index contributed by atoms with van der Waals surface area (Å²) in [5.74, 6) is -0.0848. The molecule has 5 nitrogen and oxygen atoms in total. The van der Waals surface area contributed by atoms with E-state index in [0.717, 1.165) is 25.7 Å². The van der Waals surface area contributed by atoms with Crippen LogP contribution >= 0.6 is 0 Å². The van der Waals surface area contributed by atoms with Crippen LogP contribution < -0.4 is 0 Å². The van der Waals surface area contributed by atoms with Crippen molar-refractivity contribution in [3.05, 3.63) is 0 Å². The molecule has 0 spiro atoms. The quantitative estimate of drug-likeness (QED) is 0.685. The lowest BCUT2D eigenvalue weighted by Crippen LogP contribution is -2.43. The fourth-order valence-corrected chi connectivity index (χ4v) is 3.33. The molecule has 0 bridgehead atoms. The highest BCUT2D eigenvalue weighted by Gasteiger charge is 2.52. The summed E-state index contributed by atoms with van der Waals surface area (Å²) in [4.78, 5) is 27.4. The standard InChI is InChI=1S/C12H18N2O3/c15-9-6-10-11(16)14(12(17)13(10)7-9)8-4-2-1-3-5-8/h8-10,15H,1-7H2/t9-,10+/m1/s1. The maximum Gasteiger partial charge on any atom is 0.327 e. The van der Waals surface area contributed by atoms with E-state index in [-0.39, 0.29) is 24.0 Å². The second-order valence-electron chi connectivity index (χ2n) is 5.34. The lowest BCUT2D eigenvalue weighted by molar-refractivity contribution is -0.130. The van der Waals surface area contributed by atoms with Gasteiger partial charge in [-0.15, -0.1) is 0 Å². The average Bonchev–Trinajstić information content (AvgIpc) is 2.81. The number of hydrogen-bond acceptors (Lipinski definition) is 3. The predicted molar refractivity (Wildman–Crippen MR) is 60.2 cm³/mol. The summed E-state index contributed by atoms with van der Waals surface area (Å²) in [6, 6.07) is -0.464. The molecule has 0 aromatic carbocycles. The van der Waals surface area contributed by atoms with Gasteiger partial charge in [-0.05, 0) is 12.8 Å². The fraction of sp³-hybridized carbons (Fsp3) is 0.833. The molecule has 3 aliphatic rings. The van der Waals surface area contributed by atoms with E-state index >= 15 is 0 Å². The Morgan fingerprint density at radius 2 is 1.82 bits per heavy atom. The van der Waals surface area contributed by atoms with Crippen molar-refractivity contribution in [2.75, 3.05) is 6.54 Å². The zero-order valence-corrected chi connectivity index (χ0v) is 9.84. The van der Waals surface area contributed by atoms with Crippen LogP contribution in [-0.2, 0) is 4.79 Å². The van der Waals surface area contributed by atoms with Crippen molar-refractivity contribution in [2.45, 2.75) is 56.7 Å². The molecule has 2 heterocycles. The van der Waals surface area contributed by atoms with E-state index in [2.05, 4.69) is 0 Å². The summed E-state index contributed by atoms with van der Waals surface area (Å²) >= 11 is 0. The van der Waals surface area contributed by atoms with Crippen LogP contribution in [0.5, 0.6) is 0 Å². The highest BCUT2D eigenvalue weighted by Crippen LogP contribution is 2.33. The van der Waals surface area contributed by atoms with E-state index in [1.54, 1.807) is 4.90 Å². The molecule has 0 aromatic rings. The molecule has 2 aliphatic heterocycles. The first-order chi connectivity index (χ1) is 8.18. The summed E-state index contributed by atoms with van der Waals surface area (Å²) in [5.41, 5.74) is 0. The summed E-state index contributed by atoms with van der Waals surface area (Å²) in [6.07, 6.45) is 5.19. The van der Waals surface area contributed by atoms with E-state index in [1.807, 2.05) is 0 Å². The number of amides is 3. The number of hydrogen-bond donors (Lipinski definition) is 1. The summed E-state index contributed by atoms with van der Waals surface area (Å²) < 4.78 is 0. The Morgan fingerprint density at radius 1 is 1.12 bits per heavy atom. The Morgan fingerprint density at radius 3 is 2.47 bits per heavy atom. The predicted octanol–water partition coefficient (Wildman–Crippen LogP) is 0.716. The Hall–Kier alpha value is -1.10. The molecule has 3 rings (SSSR count). The first-order valence-corrected chi connectivity index (χ1v) is 6.50. The normalized spacial score (nSPS) is 34.6. The minimum atomic E-state index is -0.526. The van der Waals surface area contributed by atoms with Gasteiger partial charge in [-0.2, -0.15) is 0 Å². The van der Waals surface area contributed by atoms with Crippen molar-refractivity contribution in [3.8, 4) is 0 Å². The number of aliphatic hydroxyl groups excluding tert-OH is 1. The molecule has 0 unspecified atom stereocenters. The lowest BCUT2D eigenvalue weighted by Gasteiger charge is -2.29. The first-order valence-electron chi connectivity index (χ1n) is 6.50. The van der Waals surface area contributed by atoms with Crippen LogP contribution in [0.15, 0.2) is 0 Å². The van der Waals surface area contributed by atoms with Gasteiger partial charge in [0.1, 0.15) is 6.04 Å². The van der Waals surface area contributed by atoms with Crippen molar-refractivity contribution in [1.82, 2.24) is 9.80 Å². The van der Waals surface area contributed by atoms with Crippen LogP contribution in [0.25, 0.3) is 0 Å². The molecule has 3 fully saturated rings. The van der Waals surface area contributed by atoms with Crippen LogP contribution in [0, 0.1) is 0 Å². The molecular weight excluding hydrogens is 220 g/mol. The smallest absolute Gasteiger partial charge is 0.327 e. The van der Waals surface area contributed by atoms with Crippen LogP contribution in [0.3, 0.4) is 0 Å². The van der Waals surface area contributed by atoms with Gasteiger partial charge in [0.05, 0.1) is 6.10 Å². The fourth-order valence-electron chi connectivity index (χ4n) is 3.33. The van der Waals surface area contributed by atoms with E-state index in [9.17, 15) is 14.7 Å². The van der Waals surface area contributed by atoms with Crippen LogP contribution in [0.4, 0.5) is 4.79 Å². The van der Waals surface area contributed by atoms with Gasteiger partial charge in [-0.25, -0.2) is 4.79 Å². The monoisotopic (exact) mass is 238 g/mol. The molecule has 94 valence electrons. The van der Waals surface area contributed by atoms with E-state index in [4.69, 9.17) is 0 Å². The highest BCUT2D eigenvalue weighted by molar-refractivity contribution is 6.05. The molecule has 1 saturated carbocycles. The Kier molecular flexibility index (Phi) is 2.58. The minimum absolute atomic E-state index is 0.0848. The number of rotatable bonds is 1. The number of aliphatic hydroxyl groups is 1. The van der Waals surface area contributed by atoms with Gasteiger partial charge in [0.15, 0.2) is 0 Å². The zero-order valence-electron chi connectivity index (χ0n) is 9.84. The molecule has 17 heavy (non-hydrogen) atoms. The van der Waals surface area contributed by atoms with Gasteiger partial charge in [0, 0.05) is 19.0 Å². The average molecular weight is 238 g/mol. The first kappa shape index (κ1) is 11.0. The van der Waals surface area contributed by atoms with E-state index in [1.165, 1.54) is 11.3 Å². The number of nitrogens with zero attached hydrogens (tertiary/aromatic N) is 2. The third-order valence-corrected chi connectivity index (χ3v) is 4.19. The van der Waals surface area contributed by atoms with Crippen molar-refractivity contribution >= 4 is 11.9 Å². The van der Waals surface area contributed by atoms with Crippen molar-refractivity contribution in [3.63, 3.8) is 0 Å². The van der Waals surface area contributed by atoms with Crippen LogP contribution in [0.2, 0.25) is 0 Å². The molecule has 1 aliphatic carbocycles. The number of imide groups is 1. The number of urea groups is 1. The molecule has 0 radical (unpaired) electrons. The van der Waals surface area contributed by atoms with E-state index < -0.39 is 6.10 Å². The Balaban J connectivity index is 1.79. The lowest BCUT2D eigenvalue weighted by atomic mass is 9.94. The Bertz CT molecular complexity index is 328. The van der Waals surface area contributed by atoms with Gasteiger partial charge >= 0.3 is 6.03 Å². The second-order valence-corrected chi connectivity index (χ2v) is 5.34. The van der Waals surface area contributed by atoms with Gasteiger partial charge in [0.2, 0.25) is 0 Å². The summed E-state index contributed by atoms with van der Waals surface area (Å²) in [6.45, 7) is 0.318. The topological polar surface area (TPSA) is 60.9 Å². The third-order valence-electron chi connectivity index (χ3n) is 4.19. The van der Waals surface area contributed by atoms with E-state index in [0.29, 0.717) is 13.0 Å². The second kappa shape index (κ2) is 3.98. The number of carbonyl (C=O) groups excluding carboxylic acids is 2. The minimum Gasteiger partial charge on any atom is -0.391 e. The third kappa shape index (κ3) is 1.64. The largest absolute Gasteiger partial charge is 0.391 e. The van der Waals surface area contributed by atoms with Crippen molar-refractivity contribution in [1.29, 1.82) is 0 Å². The van der Waals surface area contributed by atoms with Gasteiger partial charge < -0.3 is 10.0 Å². The molecule has 2 atom stereocenters. The summed E-state index contributed by atoms with van der Waals surface area (Å²) in [5, 5.41) is 9.50.